The first-order valence-electron chi connectivity index (χ1n) is 8.31. The SMILES string of the molecule is CCN(CC)Cc1ccc(COC(=O)Cc2ccc(F)cc2)cc1. The number of hydrogen-bond donors (Lipinski definition) is 0. The molecule has 0 unspecified atom stereocenters. The van der Waals surface area contributed by atoms with Gasteiger partial charge in [-0.3, -0.25) is 9.69 Å². The monoisotopic (exact) mass is 329 g/mol. The molecule has 0 amide bonds. The van der Waals surface area contributed by atoms with Gasteiger partial charge in [-0.05, 0) is 41.9 Å². The predicted molar refractivity (Wildman–Crippen MR) is 93.0 cm³/mol. The molecule has 3 nitrogen and oxygen atoms in total. The van der Waals surface area contributed by atoms with E-state index in [-0.39, 0.29) is 24.8 Å². The first-order chi connectivity index (χ1) is 11.6. The van der Waals surface area contributed by atoms with Crippen LogP contribution in [0.5, 0.6) is 0 Å². The second-order valence-corrected chi connectivity index (χ2v) is 5.74. The average Bonchev–Trinajstić information content (AvgIpc) is 2.61. The van der Waals surface area contributed by atoms with E-state index < -0.39 is 0 Å². The van der Waals surface area contributed by atoms with Gasteiger partial charge in [0.15, 0.2) is 0 Å². The summed E-state index contributed by atoms with van der Waals surface area (Å²) in [6, 6.07) is 14.0. The van der Waals surface area contributed by atoms with Crippen LogP contribution in [0.2, 0.25) is 0 Å². The van der Waals surface area contributed by atoms with Crippen molar-refractivity contribution in [1.29, 1.82) is 0 Å². The van der Waals surface area contributed by atoms with Gasteiger partial charge in [0.25, 0.3) is 0 Å². The van der Waals surface area contributed by atoms with Crippen LogP contribution < -0.4 is 0 Å². The van der Waals surface area contributed by atoms with E-state index in [0.717, 1.165) is 30.8 Å². The second-order valence-electron chi connectivity index (χ2n) is 5.74. The molecule has 128 valence electrons. The smallest absolute Gasteiger partial charge is 0.310 e. The molecule has 0 spiro atoms. The van der Waals surface area contributed by atoms with E-state index in [1.807, 2.05) is 12.1 Å². The first kappa shape index (κ1) is 18.1. The van der Waals surface area contributed by atoms with E-state index in [0.29, 0.717) is 0 Å². The van der Waals surface area contributed by atoms with Crippen molar-refractivity contribution in [2.24, 2.45) is 0 Å². The Bertz CT molecular complexity index is 634. The zero-order chi connectivity index (χ0) is 17.4. The lowest BCUT2D eigenvalue weighted by atomic mass is 10.1. The molecule has 0 aliphatic carbocycles. The van der Waals surface area contributed by atoms with Crippen molar-refractivity contribution in [1.82, 2.24) is 4.90 Å². The van der Waals surface area contributed by atoms with Crippen molar-refractivity contribution in [3.63, 3.8) is 0 Å². The summed E-state index contributed by atoms with van der Waals surface area (Å²) in [6.45, 7) is 7.54. The number of nitrogens with zero attached hydrogens (tertiary/aromatic N) is 1. The van der Waals surface area contributed by atoms with Crippen molar-refractivity contribution in [2.75, 3.05) is 13.1 Å². The van der Waals surface area contributed by atoms with Gasteiger partial charge >= 0.3 is 5.97 Å². The summed E-state index contributed by atoms with van der Waals surface area (Å²) in [7, 11) is 0. The summed E-state index contributed by atoms with van der Waals surface area (Å²) in [6.07, 6.45) is 0.153. The Morgan fingerprint density at radius 2 is 1.46 bits per heavy atom. The third-order valence-corrected chi connectivity index (χ3v) is 3.99. The molecule has 2 aromatic carbocycles. The lowest BCUT2D eigenvalue weighted by Gasteiger charge is -2.18. The zero-order valence-electron chi connectivity index (χ0n) is 14.3. The molecule has 0 radical (unpaired) electrons. The molecule has 4 heteroatoms. The van der Waals surface area contributed by atoms with Crippen molar-refractivity contribution < 1.29 is 13.9 Å². The van der Waals surface area contributed by atoms with Gasteiger partial charge in [-0.15, -0.1) is 0 Å². The van der Waals surface area contributed by atoms with E-state index in [1.54, 1.807) is 12.1 Å². The van der Waals surface area contributed by atoms with Crippen LogP contribution in [0.1, 0.15) is 30.5 Å². The largest absolute Gasteiger partial charge is 0.461 e. The van der Waals surface area contributed by atoms with E-state index in [2.05, 4.69) is 30.9 Å². The Kier molecular flexibility index (Phi) is 6.94. The Labute approximate surface area is 143 Å². The average molecular weight is 329 g/mol. The van der Waals surface area contributed by atoms with Crippen LogP contribution in [-0.4, -0.2) is 24.0 Å². The molecule has 0 aromatic heterocycles. The highest BCUT2D eigenvalue weighted by molar-refractivity contribution is 5.72. The van der Waals surface area contributed by atoms with Gasteiger partial charge in [0.2, 0.25) is 0 Å². The third kappa shape index (κ3) is 5.78. The summed E-state index contributed by atoms with van der Waals surface area (Å²) in [4.78, 5) is 14.2. The van der Waals surface area contributed by atoms with Crippen molar-refractivity contribution in [3.05, 3.63) is 71.0 Å². The highest BCUT2D eigenvalue weighted by Crippen LogP contribution is 2.10. The van der Waals surface area contributed by atoms with Gasteiger partial charge in [0.1, 0.15) is 12.4 Å². The minimum Gasteiger partial charge on any atom is -0.461 e. The lowest BCUT2D eigenvalue weighted by molar-refractivity contribution is -0.144. The summed E-state index contributed by atoms with van der Waals surface area (Å²) in [5, 5.41) is 0. The Hall–Kier alpha value is -2.20. The maximum Gasteiger partial charge on any atom is 0.310 e. The van der Waals surface area contributed by atoms with Crippen LogP contribution >= 0.6 is 0 Å². The summed E-state index contributed by atoms with van der Waals surface area (Å²) in [5.41, 5.74) is 2.96. The number of rotatable bonds is 8. The quantitative estimate of drug-likeness (QED) is 0.687. The fourth-order valence-electron chi connectivity index (χ4n) is 2.43. The number of hydrogen-bond acceptors (Lipinski definition) is 3. The molecular weight excluding hydrogens is 305 g/mol. The zero-order valence-corrected chi connectivity index (χ0v) is 14.3. The molecule has 24 heavy (non-hydrogen) atoms. The van der Waals surface area contributed by atoms with E-state index in [1.165, 1.54) is 17.7 Å². The maximum absolute atomic E-state index is 12.8. The van der Waals surface area contributed by atoms with Crippen LogP contribution in [0.3, 0.4) is 0 Å². The van der Waals surface area contributed by atoms with Gasteiger partial charge in [0.05, 0.1) is 6.42 Å². The van der Waals surface area contributed by atoms with Crippen molar-refractivity contribution in [3.8, 4) is 0 Å². The predicted octanol–water partition coefficient (Wildman–Crippen LogP) is 3.95. The maximum atomic E-state index is 12.8. The molecule has 0 aliphatic rings. The second kappa shape index (κ2) is 9.18. The van der Waals surface area contributed by atoms with E-state index in [4.69, 9.17) is 4.74 Å². The van der Waals surface area contributed by atoms with Gasteiger partial charge in [-0.2, -0.15) is 0 Å². The summed E-state index contributed by atoms with van der Waals surface area (Å²) in [5.74, 6) is -0.620. The van der Waals surface area contributed by atoms with Crippen LogP contribution in [0, 0.1) is 5.82 Å². The normalized spacial score (nSPS) is 10.8. The molecule has 0 aliphatic heterocycles. The van der Waals surface area contributed by atoms with E-state index in [9.17, 15) is 9.18 Å². The van der Waals surface area contributed by atoms with Gasteiger partial charge < -0.3 is 4.74 Å². The van der Waals surface area contributed by atoms with E-state index >= 15 is 0 Å². The number of carbonyl (C=O) groups excluding carboxylic acids is 1. The van der Waals surface area contributed by atoms with Gasteiger partial charge in [-0.25, -0.2) is 4.39 Å². The molecule has 0 N–H and O–H groups in total. The molecular formula is C20H24FNO2. The fraction of sp³-hybridized carbons (Fsp3) is 0.350. The van der Waals surface area contributed by atoms with Crippen molar-refractivity contribution in [2.45, 2.75) is 33.4 Å². The van der Waals surface area contributed by atoms with Crippen LogP contribution in [0.4, 0.5) is 4.39 Å². The molecule has 0 atom stereocenters. The van der Waals surface area contributed by atoms with Crippen LogP contribution in [-0.2, 0) is 29.1 Å². The molecule has 0 fully saturated rings. The van der Waals surface area contributed by atoms with Crippen LogP contribution in [0.15, 0.2) is 48.5 Å². The number of carbonyl (C=O) groups is 1. The minimum absolute atomic E-state index is 0.153. The highest BCUT2D eigenvalue weighted by atomic mass is 19.1. The lowest BCUT2D eigenvalue weighted by Crippen LogP contribution is -2.22. The molecule has 0 saturated heterocycles. The summed E-state index contributed by atoms with van der Waals surface area (Å²) < 4.78 is 18.1. The minimum atomic E-state index is -0.311. The first-order valence-corrected chi connectivity index (χ1v) is 8.31. The van der Waals surface area contributed by atoms with Crippen molar-refractivity contribution >= 4 is 5.97 Å². The molecule has 2 aromatic rings. The summed E-state index contributed by atoms with van der Waals surface area (Å²) >= 11 is 0. The molecule has 0 saturated carbocycles. The standard InChI is InChI=1S/C20H24FNO2/c1-3-22(4-2)14-17-5-7-18(8-6-17)15-24-20(23)13-16-9-11-19(21)12-10-16/h5-12H,3-4,13-15H2,1-2H3. The number of esters is 1. The number of ether oxygens (including phenoxy) is 1. The fourth-order valence-corrected chi connectivity index (χ4v) is 2.43. The third-order valence-electron chi connectivity index (χ3n) is 3.99. The van der Waals surface area contributed by atoms with Gasteiger partial charge in [0, 0.05) is 6.54 Å². The topological polar surface area (TPSA) is 29.5 Å². The van der Waals surface area contributed by atoms with Crippen LogP contribution in [0.25, 0.3) is 0 Å². The number of halogens is 1. The molecule has 2 rings (SSSR count). The Balaban J connectivity index is 1.81. The number of benzene rings is 2. The van der Waals surface area contributed by atoms with Gasteiger partial charge in [-0.1, -0.05) is 50.2 Å². The molecule has 0 heterocycles. The Morgan fingerprint density at radius 3 is 2.04 bits per heavy atom. The molecule has 0 bridgehead atoms. The highest BCUT2D eigenvalue weighted by Gasteiger charge is 2.06. The Morgan fingerprint density at radius 1 is 0.917 bits per heavy atom.